The second-order valence-electron chi connectivity index (χ2n) is 5.60. The summed E-state index contributed by atoms with van der Waals surface area (Å²) in [6.07, 6.45) is 5.63. The number of aliphatic hydroxyl groups is 1. The lowest BCUT2D eigenvalue weighted by Crippen LogP contribution is -2.49. The first-order chi connectivity index (χ1) is 7.74. The highest BCUT2D eigenvalue weighted by molar-refractivity contribution is 4.77. The van der Waals surface area contributed by atoms with Crippen LogP contribution in [0.2, 0.25) is 0 Å². The maximum atomic E-state index is 9.35. The summed E-state index contributed by atoms with van der Waals surface area (Å²) in [5.41, 5.74) is 0. The van der Waals surface area contributed by atoms with E-state index in [2.05, 4.69) is 9.80 Å². The number of hydrogen-bond acceptors (Lipinski definition) is 3. The Labute approximate surface area is 99.4 Å². The minimum Gasteiger partial charge on any atom is -0.392 e. The normalized spacial score (nSPS) is 27.4. The monoisotopic (exact) mass is 226 g/mol. The zero-order valence-electron chi connectivity index (χ0n) is 10.6. The number of hydrogen-bond donors (Lipinski definition) is 1. The first kappa shape index (κ1) is 12.3. The molecule has 1 atom stereocenters. The molecule has 0 aromatic heterocycles. The zero-order valence-corrected chi connectivity index (χ0v) is 10.6. The van der Waals surface area contributed by atoms with Crippen LogP contribution in [0.4, 0.5) is 0 Å². The van der Waals surface area contributed by atoms with Gasteiger partial charge in [-0.1, -0.05) is 12.8 Å². The molecule has 1 saturated carbocycles. The molecule has 0 amide bonds. The Bertz CT molecular complexity index is 194. The van der Waals surface area contributed by atoms with Gasteiger partial charge in [0, 0.05) is 39.3 Å². The lowest BCUT2D eigenvalue weighted by Gasteiger charge is -2.36. The Kier molecular flexibility index (Phi) is 4.62. The highest BCUT2D eigenvalue weighted by atomic mass is 16.3. The van der Waals surface area contributed by atoms with Gasteiger partial charge in [0.25, 0.3) is 0 Å². The molecule has 1 aliphatic heterocycles. The predicted octanol–water partition coefficient (Wildman–Crippen LogP) is 1.17. The second kappa shape index (κ2) is 5.99. The third-order valence-electron chi connectivity index (χ3n) is 3.98. The molecule has 1 heterocycles. The van der Waals surface area contributed by atoms with E-state index < -0.39 is 0 Å². The Morgan fingerprint density at radius 2 is 1.62 bits per heavy atom. The zero-order chi connectivity index (χ0) is 11.4. The molecule has 1 N–H and O–H groups in total. The summed E-state index contributed by atoms with van der Waals surface area (Å²) in [5, 5.41) is 9.35. The molecule has 2 fully saturated rings. The molecule has 0 spiro atoms. The SMILES string of the molecule is C[C@@H](O)CN1CCN(CC2CCCC2)CC1. The van der Waals surface area contributed by atoms with Crippen LogP contribution in [0.3, 0.4) is 0 Å². The first-order valence-electron chi connectivity index (χ1n) is 6.87. The van der Waals surface area contributed by atoms with Crippen LogP contribution in [0.15, 0.2) is 0 Å². The maximum Gasteiger partial charge on any atom is 0.0639 e. The fourth-order valence-electron chi connectivity index (χ4n) is 3.09. The summed E-state index contributed by atoms with van der Waals surface area (Å²) in [4.78, 5) is 5.00. The van der Waals surface area contributed by atoms with E-state index >= 15 is 0 Å². The van der Waals surface area contributed by atoms with Crippen molar-refractivity contribution in [1.82, 2.24) is 9.80 Å². The molecule has 94 valence electrons. The van der Waals surface area contributed by atoms with Gasteiger partial charge < -0.3 is 10.0 Å². The van der Waals surface area contributed by atoms with Crippen LogP contribution in [0.25, 0.3) is 0 Å². The van der Waals surface area contributed by atoms with Crippen molar-refractivity contribution in [2.45, 2.75) is 38.7 Å². The van der Waals surface area contributed by atoms with E-state index in [0.29, 0.717) is 0 Å². The molecule has 3 heteroatoms. The van der Waals surface area contributed by atoms with E-state index in [0.717, 1.165) is 25.6 Å². The van der Waals surface area contributed by atoms with Crippen LogP contribution in [-0.2, 0) is 0 Å². The molecule has 3 nitrogen and oxygen atoms in total. The molecule has 1 saturated heterocycles. The fourth-order valence-corrected chi connectivity index (χ4v) is 3.09. The van der Waals surface area contributed by atoms with Crippen molar-refractivity contribution < 1.29 is 5.11 Å². The van der Waals surface area contributed by atoms with Crippen molar-refractivity contribution in [2.24, 2.45) is 5.92 Å². The van der Waals surface area contributed by atoms with E-state index in [1.807, 2.05) is 6.92 Å². The molecular formula is C13H26N2O. The minimum absolute atomic E-state index is 0.179. The highest BCUT2D eigenvalue weighted by Gasteiger charge is 2.22. The molecule has 0 radical (unpaired) electrons. The summed E-state index contributed by atoms with van der Waals surface area (Å²) >= 11 is 0. The average molecular weight is 226 g/mol. The molecular weight excluding hydrogens is 200 g/mol. The van der Waals surface area contributed by atoms with Crippen molar-refractivity contribution in [3.63, 3.8) is 0 Å². The van der Waals surface area contributed by atoms with Crippen LogP contribution < -0.4 is 0 Å². The van der Waals surface area contributed by atoms with Gasteiger partial charge in [0.05, 0.1) is 6.10 Å². The van der Waals surface area contributed by atoms with Gasteiger partial charge in [0.15, 0.2) is 0 Å². The smallest absolute Gasteiger partial charge is 0.0639 e. The van der Waals surface area contributed by atoms with Crippen LogP contribution >= 0.6 is 0 Å². The van der Waals surface area contributed by atoms with Gasteiger partial charge in [-0.3, -0.25) is 4.90 Å². The fraction of sp³-hybridized carbons (Fsp3) is 1.00. The Morgan fingerprint density at radius 3 is 2.19 bits per heavy atom. The van der Waals surface area contributed by atoms with E-state index in [9.17, 15) is 5.11 Å². The van der Waals surface area contributed by atoms with Crippen LogP contribution in [0.1, 0.15) is 32.6 Å². The number of aliphatic hydroxyl groups excluding tert-OH is 1. The van der Waals surface area contributed by atoms with Crippen molar-refractivity contribution in [3.05, 3.63) is 0 Å². The third-order valence-corrected chi connectivity index (χ3v) is 3.98. The van der Waals surface area contributed by atoms with Crippen LogP contribution in [0.5, 0.6) is 0 Å². The van der Waals surface area contributed by atoms with Crippen LogP contribution in [-0.4, -0.2) is 60.3 Å². The summed E-state index contributed by atoms with van der Waals surface area (Å²) in [7, 11) is 0. The molecule has 1 aliphatic carbocycles. The van der Waals surface area contributed by atoms with E-state index in [4.69, 9.17) is 0 Å². The van der Waals surface area contributed by atoms with E-state index in [1.54, 1.807) is 0 Å². The Hall–Kier alpha value is -0.120. The van der Waals surface area contributed by atoms with Gasteiger partial charge in [-0.25, -0.2) is 0 Å². The van der Waals surface area contributed by atoms with Crippen molar-refractivity contribution in [1.29, 1.82) is 0 Å². The summed E-state index contributed by atoms with van der Waals surface area (Å²) in [5.74, 6) is 0.975. The molecule has 2 aliphatic rings. The molecule has 0 aromatic rings. The van der Waals surface area contributed by atoms with E-state index in [-0.39, 0.29) is 6.10 Å². The van der Waals surface area contributed by atoms with Gasteiger partial charge in [0.1, 0.15) is 0 Å². The van der Waals surface area contributed by atoms with Gasteiger partial charge in [-0.05, 0) is 25.7 Å². The quantitative estimate of drug-likeness (QED) is 0.779. The van der Waals surface area contributed by atoms with Crippen LogP contribution in [0, 0.1) is 5.92 Å². The maximum absolute atomic E-state index is 9.35. The first-order valence-corrected chi connectivity index (χ1v) is 6.87. The average Bonchev–Trinajstić information content (AvgIpc) is 2.73. The van der Waals surface area contributed by atoms with E-state index in [1.165, 1.54) is 45.3 Å². The lowest BCUT2D eigenvalue weighted by atomic mass is 10.1. The number of β-amino-alcohol motifs (C(OH)–C–C–N with tert-alkyl or cyclic N) is 1. The lowest BCUT2D eigenvalue weighted by molar-refractivity contribution is 0.0747. The second-order valence-corrected chi connectivity index (χ2v) is 5.60. The van der Waals surface area contributed by atoms with Gasteiger partial charge in [-0.15, -0.1) is 0 Å². The van der Waals surface area contributed by atoms with Gasteiger partial charge >= 0.3 is 0 Å². The predicted molar refractivity (Wildman–Crippen MR) is 66.5 cm³/mol. The standard InChI is InChI=1S/C13H26N2O/c1-12(16)10-14-6-8-15(9-7-14)11-13-4-2-3-5-13/h12-13,16H,2-11H2,1H3/t12-/m1/s1. The number of rotatable bonds is 4. The van der Waals surface area contributed by atoms with Crippen molar-refractivity contribution >= 4 is 0 Å². The topological polar surface area (TPSA) is 26.7 Å². The summed E-state index contributed by atoms with van der Waals surface area (Å²) in [6, 6.07) is 0. The highest BCUT2D eigenvalue weighted by Crippen LogP contribution is 2.25. The summed E-state index contributed by atoms with van der Waals surface area (Å²) in [6.45, 7) is 8.71. The molecule has 2 rings (SSSR count). The minimum atomic E-state index is -0.179. The largest absolute Gasteiger partial charge is 0.392 e. The van der Waals surface area contributed by atoms with Gasteiger partial charge in [-0.2, -0.15) is 0 Å². The number of nitrogens with zero attached hydrogens (tertiary/aromatic N) is 2. The molecule has 0 aromatic carbocycles. The van der Waals surface area contributed by atoms with Crippen molar-refractivity contribution in [3.8, 4) is 0 Å². The third kappa shape index (κ3) is 3.72. The Balaban J connectivity index is 1.64. The Morgan fingerprint density at radius 1 is 1.06 bits per heavy atom. The molecule has 0 bridgehead atoms. The number of piperazine rings is 1. The molecule has 0 unspecified atom stereocenters. The van der Waals surface area contributed by atoms with Gasteiger partial charge in [0.2, 0.25) is 0 Å². The molecule has 16 heavy (non-hydrogen) atoms. The van der Waals surface area contributed by atoms with Crippen molar-refractivity contribution in [2.75, 3.05) is 39.3 Å². The summed E-state index contributed by atoms with van der Waals surface area (Å²) < 4.78 is 0.